The van der Waals surface area contributed by atoms with Crippen LogP contribution >= 0.6 is 23.2 Å². The number of hydrazone groups is 1. The van der Waals surface area contributed by atoms with E-state index in [-0.39, 0.29) is 11.3 Å². The largest absolute Gasteiger partial charge is 0.476 e. The Bertz CT molecular complexity index is 892. The molecule has 24 heavy (non-hydrogen) atoms. The molecule has 0 aromatic heterocycles. The van der Waals surface area contributed by atoms with Gasteiger partial charge in [0.05, 0.1) is 11.3 Å². The van der Waals surface area contributed by atoms with Gasteiger partial charge < -0.3 is 5.11 Å². The van der Waals surface area contributed by atoms with E-state index in [9.17, 15) is 14.7 Å². The Balaban J connectivity index is 2.07. The number of anilines is 1. The number of nitrogens with zero attached hydrogens (tertiary/aromatic N) is 2. The normalized spacial score (nSPS) is 15.8. The van der Waals surface area contributed by atoms with Gasteiger partial charge in [-0.3, -0.25) is 4.79 Å². The SMILES string of the molecule is O=C(O)C1=NN(c2ccccc2)C(=O)/C1=C/c1ccc(Cl)cc1Cl. The quantitative estimate of drug-likeness (QED) is 0.844. The van der Waals surface area contributed by atoms with Gasteiger partial charge in [0, 0.05) is 10.0 Å². The molecule has 5 nitrogen and oxygen atoms in total. The molecule has 0 radical (unpaired) electrons. The highest BCUT2D eigenvalue weighted by Crippen LogP contribution is 2.28. The highest BCUT2D eigenvalue weighted by atomic mass is 35.5. The van der Waals surface area contributed by atoms with Crippen molar-refractivity contribution < 1.29 is 14.7 Å². The summed E-state index contributed by atoms with van der Waals surface area (Å²) in [5, 5.41) is 15.1. The first-order chi connectivity index (χ1) is 11.5. The highest BCUT2D eigenvalue weighted by molar-refractivity contribution is 6.54. The molecule has 0 fully saturated rings. The number of amides is 1. The molecule has 0 aliphatic carbocycles. The number of carbonyl (C=O) groups excluding carboxylic acids is 1. The third-order valence-electron chi connectivity index (χ3n) is 3.34. The van der Waals surface area contributed by atoms with E-state index in [0.717, 1.165) is 5.01 Å². The van der Waals surface area contributed by atoms with E-state index in [0.29, 0.717) is 21.3 Å². The summed E-state index contributed by atoms with van der Waals surface area (Å²) in [6.07, 6.45) is 1.40. The lowest BCUT2D eigenvalue weighted by Gasteiger charge is -2.10. The molecule has 7 heteroatoms. The van der Waals surface area contributed by atoms with Gasteiger partial charge in [0.15, 0.2) is 5.71 Å². The van der Waals surface area contributed by atoms with Crippen molar-refractivity contribution in [2.45, 2.75) is 0 Å². The van der Waals surface area contributed by atoms with Crippen LogP contribution in [0.15, 0.2) is 59.2 Å². The van der Waals surface area contributed by atoms with Crippen LogP contribution in [0.5, 0.6) is 0 Å². The standard InChI is InChI=1S/C17H10Cl2N2O3/c18-11-7-6-10(14(19)9-11)8-13-15(17(23)24)20-21(16(13)22)12-4-2-1-3-5-12/h1-9H,(H,23,24)/b13-8+. The molecule has 1 heterocycles. The lowest BCUT2D eigenvalue weighted by atomic mass is 10.1. The number of hydrogen-bond donors (Lipinski definition) is 1. The lowest BCUT2D eigenvalue weighted by Crippen LogP contribution is -2.22. The van der Waals surface area contributed by atoms with Gasteiger partial charge in [-0.1, -0.05) is 47.5 Å². The van der Waals surface area contributed by atoms with Crippen LogP contribution in [0, 0.1) is 0 Å². The third kappa shape index (κ3) is 3.04. The maximum Gasteiger partial charge on any atom is 0.357 e. The zero-order valence-electron chi connectivity index (χ0n) is 12.1. The summed E-state index contributed by atoms with van der Waals surface area (Å²) >= 11 is 11.9. The minimum atomic E-state index is -1.29. The van der Waals surface area contributed by atoms with E-state index >= 15 is 0 Å². The Hall–Kier alpha value is -2.63. The molecule has 2 aromatic rings. The fraction of sp³-hybridized carbons (Fsp3) is 0. The fourth-order valence-corrected chi connectivity index (χ4v) is 2.68. The minimum Gasteiger partial charge on any atom is -0.476 e. The van der Waals surface area contributed by atoms with E-state index in [1.807, 2.05) is 0 Å². The molecular formula is C17H10Cl2N2O3. The molecule has 1 aliphatic heterocycles. The maximum absolute atomic E-state index is 12.6. The molecule has 1 aliphatic rings. The number of hydrogen-bond acceptors (Lipinski definition) is 3. The van der Waals surface area contributed by atoms with Crippen LogP contribution in [0.1, 0.15) is 5.56 Å². The summed E-state index contributed by atoms with van der Waals surface area (Å²) in [5.74, 6) is -1.83. The number of para-hydroxylation sites is 1. The second kappa shape index (κ2) is 6.47. The summed E-state index contributed by atoms with van der Waals surface area (Å²) in [7, 11) is 0. The van der Waals surface area contributed by atoms with Crippen molar-refractivity contribution in [3.63, 3.8) is 0 Å². The predicted molar refractivity (Wildman–Crippen MR) is 93.4 cm³/mol. The van der Waals surface area contributed by atoms with Gasteiger partial charge in [-0.15, -0.1) is 0 Å². The van der Waals surface area contributed by atoms with E-state index < -0.39 is 11.9 Å². The van der Waals surface area contributed by atoms with Crippen LogP contribution in [-0.2, 0) is 9.59 Å². The average Bonchev–Trinajstić information content (AvgIpc) is 2.88. The van der Waals surface area contributed by atoms with Crippen molar-refractivity contribution in [2.24, 2.45) is 5.10 Å². The summed E-state index contributed by atoms with van der Waals surface area (Å²) in [4.78, 5) is 24.1. The second-order valence-electron chi connectivity index (χ2n) is 4.93. The number of halogens is 2. The van der Waals surface area contributed by atoms with Crippen molar-refractivity contribution in [3.8, 4) is 0 Å². The van der Waals surface area contributed by atoms with Crippen LogP contribution in [-0.4, -0.2) is 22.7 Å². The van der Waals surface area contributed by atoms with E-state index in [1.165, 1.54) is 12.1 Å². The number of aliphatic carboxylic acids is 1. The van der Waals surface area contributed by atoms with Crippen molar-refractivity contribution in [2.75, 3.05) is 5.01 Å². The van der Waals surface area contributed by atoms with E-state index in [4.69, 9.17) is 23.2 Å². The number of carboxylic acid groups (broad SMARTS) is 1. The fourth-order valence-electron chi connectivity index (χ4n) is 2.22. The van der Waals surface area contributed by atoms with Gasteiger partial charge in [-0.2, -0.15) is 10.1 Å². The second-order valence-corrected chi connectivity index (χ2v) is 5.77. The molecule has 0 saturated carbocycles. The van der Waals surface area contributed by atoms with Gasteiger partial charge in [0.2, 0.25) is 0 Å². The Morgan fingerprint density at radius 3 is 2.46 bits per heavy atom. The summed E-state index contributed by atoms with van der Waals surface area (Å²) in [6.45, 7) is 0. The zero-order valence-corrected chi connectivity index (χ0v) is 13.6. The van der Waals surface area contributed by atoms with Crippen molar-refractivity contribution in [3.05, 3.63) is 69.7 Å². The zero-order chi connectivity index (χ0) is 17.3. The topological polar surface area (TPSA) is 70.0 Å². The molecule has 0 unspecified atom stereocenters. The van der Waals surface area contributed by atoms with Crippen LogP contribution in [0.25, 0.3) is 6.08 Å². The summed E-state index contributed by atoms with van der Waals surface area (Å²) in [6, 6.07) is 13.3. The Labute approximate surface area is 147 Å². The Morgan fingerprint density at radius 2 is 1.83 bits per heavy atom. The van der Waals surface area contributed by atoms with Crippen molar-refractivity contribution in [1.82, 2.24) is 0 Å². The van der Waals surface area contributed by atoms with Gasteiger partial charge in [-0.05, 0) is 35.9 Å². The molecule has 0 saturated heterocycles. The Morgan fingerprint density at radius 1 is 1.12 bits per heavy atom. The van der Waals surface area contributed by atoms with Crippen molar-refractivity contribution >= 4 is 52.6 Å². The molecule has 0 bridgehead atoms. The maximum atomic E-state index is 12.6. The number of carboxylic acids is 1. The van der Waals surface area contributed by atoms with Gasteiger partial charge in [0.1, 0.15) is 0 Å². The first kappa shape index (κ1) is 16.2. The van der Waals surface area contributed by atoms with Crippen LogP contribution < -0.4 is 5.01 Å². The molecule has 0 spiro atoms. The molecule has 2 aromatic carbocycles. The molecule has 1 amide bonds. The minimum absolute atomic E-state index is 0.0458. The van der Waals surface area contributed by atoms with Crippen LogP contribution in [0.4, 0.5) is 5.69 Å². The van der Waals surface area contributed by atoms with Gasteiger partial charge in [0.25, 0.3) is 5.91 Å². The summed E-state index contributed by atoms with van der Waals surface area (Å²) < 4.78 is 0. The monoisotopic (exact) mass is 360 g/mol. The third-order valence-corrected chi connectivity index (χ3v) is 3.91. The number of rotatable bonds is 3. The molecule has 1 N–H and O–H groups in total. The average molecular weight is 361 g/mol. The van der Waals surface area contributed by atoms with E-state index in [2.05, 4.69) is 5.10 Å². The van der Waals surface area contributed by atoms with Crippen LogP contribution in [0.2, 0.25) is 10.0 Å². The molecule has 3 rings (SSSR count). The molecular weight excluding hydrogens is 351 g/mol. The molecule has 0 atom stereocenters. The van der Waals surface area contributed by atoms with Gasteiger partial charge in [-0.25, -0.2) is 4.79 Å². The smallest absolute Gasteiger partial charge is 0.357 e. The first-order valence-corrected chi connectivity index (χ1v) is 7.61. The molecule has 120 valence electrons. The van der Waals surface area contributed by atoms with Crippen molar-refractivity contribution in [1.29, 1.82) is 0 Å². The number of carbonyl (C=O) groups is 2. The summed E-state index contributed by atoms with van der Waals surface area (Å²) in [5.41, 5.74) is 0.575. The van der Waals surface area contributed by atoms with Crippen LogP contribution in [0.3, 0.4) is 0 Å². The first-order valence-electron chi connectivity index (χ1n) is 6.86. The predicted octanol–water partition coefficient (Wildman–Crippen LogP) is 3.86. The number of benzene rings is 2. The lowest BCUT2D eigenvalue weighted by molar-refractivity contribution is -0.129. The highest BCUT2D eigenvalue weighted by Gasteiger charge is 2.35. The Kier molecular flexibility index (Phi) is 4.38. The van der Waals surface area contributed by atoms with Gasteiger partial charge >= 0.3 is 5.97 Å². The van der Waals surface area contributed by atoms with E-state index in [1.54, 1.807) is 42.5 Å².